The van der Waals surface area contributed by atoms with Crippen molar-refractivity contribution in [2.45, 2.75) is 6.61 Å². The van der Waals surface area contributed by atoms with Gasteiger partial charge in [-0.3, -0.25) is 4.79 Å². The summed E-state index contributed by atoms with van der Waals surface area (Å²) in [6, 6.07) is 13.3. The fourth-order valence-electron chi connectivity index (χ4n) is 2.08. The van der Waals surface area contributed by atoms with Gasteiger partial charge in [0.05, 0.1) is 5.56 Å². The van der Waals surface area contributed by atoms with Crippen molar-refractivity contribution < 1.29 is 28.3 Å². The Kier molecular flexibility index (Phi) is 3.97. The van der Waals surface area contributed by atoms with Crippen molar-refractivity contribution in [3.05, 3.63) is 65.8 Å². The summed E-state index contributed by atoms with van der Waals surface area (Å²) < 4.78 is 16.2. The second-order valence-electron chi connectivity index (χ2n) is 4.68. The highest BCUT2D eigenvalue weighted by Gasteiger charge is 2.12. The molecule has 0 saturated heterocycles. The lowest BCUT2D eigenvalue weighted by Crippen LogP contribution is -1.96. The number of rotatable bonds is 6. The van der Waals surface area contributed by atoms with Gasteiger partial charge in [-0.1, -0.05) is 12.1 Å². The largest absolute Gasteiger partial charge is 0.485 e. The van der Waals surface area contributed by atoms with E-state index in [0.717, 1.165) is 0 Å². The molecule has 0 bridgehead atoms. The summed E-state index contributed by atoms with van der Waals surface area (Å²) in [4.78, 5) is 21.5. The predicted octanol–water partition coefficient (Wildman–Crippen LogP) is 3.63. The lowest BCUT2D eigenvalue weighted by molar-refractivity contribution is 0.0658. The lowest BCUT2D eigenvalue weighted by atomic mass is 10.1. The Morgan fingerprint density at radius 2 is 1.91 bits per heavy atom. The monoisotopic (exact) mass is 312 g/mol. The maximum absolute atomic E-state index is 10.8. The molecule has 6 nitrogen and oxygen atoms in total. The van der Waals surface area contributed by atoms with E-state index in [1.165, 1.54) is 6.07 Å². The number of hydrogen-bond acceptors (Lipinski definition) is 5. The summed E-state index contributed by atoms with van der Waals surface area (Å²) >= 11 is 0. The molecule has 116 valence electrons. The molecule has 0 atom stereocenters. The highest BCUT2D eigenvalue weighted by atomic mass is 16.5. The maximum atomic E-state index is 10.8. The highest BCUT2D eigenvalue weighted by molar-refractivity contribution is 5.84. The molecule has 2 aromatic heterocycles. The third kappa shape index (κ3) is 3.16. The minimum Gasteiger partial charge on any atom is -0.485 e. The van der Waals surface area contributed by atoms with Crippen LogP contribution in [0.15, 0.2) is 57.4 Å². The number of para-hydroxylation sites is 1. The molecule has 0 fully saturated rings. The quantitative estimate of drug-likeness (QED) is 0.699. The van der Waals surface area contributed by atoms with Crippen LogP contribution in [0, 0.1) is 0 Å². The summed E-state index contributed by atoms with van der Waals surface area (Å²) in [6.07, 6.45) is 0.628. The second kappa shape index (κ2) is 6.23. The Morgan fingerprint density at radius 3 is 2.61 bits per heavy atom. The SMILES string of the molecule is O=Cc1ccc(-c2ccccc2OCc2ccc(C(=O)O)o2)o1. The Bertz CT molecular complexity index is 842. The van der Waals surface area contributed by atoms with Crippen LogP contribution in [0.5, 0.6) is 5.75 Å². The molecular formula is C17H12O6. The molecule has 2 heterocycles. The number of aromatic carboxylic acids is 1. The number of carboxylic acid groups (broad SMARTS) is 1. The van der Waals surface area contributed by atoms with Gasteiger partial charge >= 0.3 is 5.97 Å². The van der Waals surface area contributed by atoms with Gasteiger partial charge in [-0.25, -0.2) is 4.79 Å². The summed E-state index contributed by atoms with van der Waals surface area (Å²) in [6.45, 7) is 0.0749. The van der Waals surface area contributed by atoms with E-state index in [-0.39, 0.29) is 18.1 Å². The molecule has 0 aliphatic carbocycles. The highest BCUT2D eigenvalue weighted by Crippen LogP contribution is 2.31. The number of aldehydes is 1. The van der Waals surface area contributed by atoms with Crippen LogP contribution in [0.1, 0.15) is 26.9 Å². The Labute approximate surface area is 130 Å². The first kappa shape index (κ1) is 14.6. The van der Waals surface area contributed by atoms with Crippen LogP contribution >= 0.6 is 0 Å². The molecule has 1 N–H and O–H groups in total. The molecule has 0 saturated carbocycles. The molecule has 0 aliphatic heterocycles. The van der Waals surface area contributed by atoms with Crippen LogP contribution in [-0.2, 0) is 6.61 Å². The van der Waals surface area contributed by atoms with E-state index >= 15 is 0 Å². The summed E-state index contributed by atoms with van der Waals surface area (Å²) in [5.41, 5.74) is 0.686. The van der Waals surface area contributed by atoms with Gasteiger partial charge in [0, 0.05) is 0 Å². The first-order valence-electron chi connectivity index (χ1n) is 6.76. The van der Waals surface area contributed by atoms with Crippen molar-refractivity contribution in [3.8, 4) is 17.1 Å². The number of carbonyl (C=O) groups excluding carboxylic acids is 1. The molecule has 1 aromatic carbocycles. The molecule has 0 unspecified atom stereocenters. The smallest absolute Gasteiger partial charge is 0.371 e. The van der Waals surface area contributed by atoms with E-state index in [2.05, 4.69) is 0 Å². The standard InChI is InChI=1S/C17H12O6/c18-9-11-5-7-15(22-11)13-3-1-2-4-14(13)21-10-12-6-8-16(23-12)17(19)20/h1-9H,10H2,(H,19,20). The number of carbonyl (C=O) groups is 2. The molecule has 23 heavy (non-hydrogen) atoms. The van der Waals surface area contributed by atoms with Crippen molar-refractivity contribution in [1.29, 1.82) is 0 Å². The number of benzene rings is 1. The normalized spacial score (nSPS) is 10.4. The minimum absolute atomic E-state index is 0.0749. The van der Waals surface area contributed by atoms with Gasteiger partial charge in [0.25, 0.3) is 0 Å². The molecule has 0 aliphatic rings. The van der Waals surface area contributed by atoms with Crippen molar-refractivity contribution in [2.24, 2.45) is 0 Å². The van der Waals surface area contributed by atoms with Crippen LogP contribution in [0.4, 0.5) is 0 Å². The first-order chi connectivity index (χ1) is 11.2. The van der Waals surface area contributed by atoms with E-state index in [0.29, 0.717) is 29.1 Å². The minimum atomic E-state index is -1.13. The third-order valence-electron chi connectivity index (χ3n) is 3.14. The van der Waals surface area contributed by atoms with E-state index in [4.69, 9.17) is 18.7 Å². The zero-order chi connectivity index (χ0) is 16.2. The van der Waals surface area contributed by atoms with E-state index in [9.17, 15) is 9.59 Å². The van der Waals surface area contributed by atoms with Crippen LogP contribution in [0.3, 0.4) is 0 Å². The maximum Gasteiger partial charge on any atom is 0.371 e. The molecule has 3 rings (SSSR count). The average Bonchev–Trinajstić information content (AvgIpc) is 3.22. The van der Waals surface area contributed by atoms with Crippen molar-refractivity contribution in [2.75, 3.05) is 0 Å². The van der Waals surface area contributed by atoms with Crippen LogP contribution < -0.4 is 4.74 Å². The summed E-state index contributed by atoms with van der Waals surface area (Å²) in [7, 11) is 0. The number of hydrogen-bond donors (Lipinski definition) is 1. The fraction of sp³-hybridized carbons (Fsp3) is 0.0588. The van der Waals surface area contributed by atoms with E-state index in [1.807, 2.05) is 6.07 Å². The zero-order valence-electron chi connectivity index (χ0n) is 11.9. The van der Waals surface area contributed by atoms with Crippen molar-refractivity contribution in [3.63, 3.8) is 0 Å². The van der Waals surface area contributed by atoms with Crippen molar-refractivity contribution in [1.82, 2.24) is 0 Å². The van der Waals surface area contributed by atoms with Gasteiger partial charge in [0.15, 0.2) is 12.0 Å². The number of carboxylic acids is 1. The fourth-order valence-corrected chi connectivity index (χ4v) is 2.08. The predicted molar refractivity (Wildman–Crippen MR) is 79.5 cm³/mol. The van der Waals surface area contributed by atoms with Gasteiger partial charge in [-0.05, 0) is 36.4 Å². The van der Waals surface area contributed by atoms with Gasteiger partial charge in [0.1, 0.15) is 23.9 Å². The molecule has 0 spiro atoms. The molecule has 6 heteroatoms. The Hall–Kier alpha value is -3.28. The van der Waals surface area contributed by atoms with Gasteiger partial charge in [-0.2, -0.15) is 0 Å². The zero-order valence-corrected chi connectivity index (χ0v) is 11.9. The van der Waals surface area contributed by atoms with E-state index in [1.54, 1.807) is 36.4 Å². The average molecular weight is 312 g/mol. The number of ether oxygens (including phenoxy) is 1. The second-order valence-corrected chi connectivity index (χ2v) is 4.68. The molecule has 3 aromatic rings. The topological polar surface area (TPSA) is 89.9 Å². The Balaban J connectivity index is 1.80. The molecule has 0 radical (unpaired) electrons. The molecular weight excluding hydrogens is 300 g/mol. The van der Waals surface area contributed by atoms with Gasteiger partial charge in [0.2, 0.25) is 5.76 Å². The number of furan rings is 2. The molecule has 0 amide bonds. The third-order valence-corrected chi connectivity index (χ3v) is 3.14. The summed E-state index contributed by atoms with van der Waals surface area (Å²) in [5, 5.41) is 8.83. The van der Waals surface area contributed by atoms with Crippen LogP contribution in [0.25, 0.3) is 11.3 Å². The summed E-state index contributed by atoms with van der Waals surface area (Å²) in [5.74, 6) is 0.394. The lowest BCUT2D eigenvalue weighted by Gasteiger charge is -2.08. The Morgan fingerprint density at radius 1 is 1.09 bits per heavy atom. The first-order valence-corrected chi connectivity index (χ1v) is 6.76. The van der Waals surface area contributed by atoms with Crippen molar-refractivity contribution >= 4 is 12.3 Å². The van der Waals surface area contributed by atoms with Gasteiger partial charge < -0.3 is 18.7 Å². The van der Waals surface area contributed by atoms with Gasteiger partial charge in [-0.15, -0.1) is 0 Å². The van der Waals surface area contributed by atoms with Crippen LogP contribution in [-0.4, -0.2) is 17.4 Å². The van der Waals surface area contributed by atoms with E-state index < -0.39 is 5.97 Å². The van der Waals surface area contributed by atoms with Crippen LogP contribution in [0.2, 0.25) is 0 Å².